The van der Waals surface area contributed by atoms with Gasteiger partial charge in [-0.3, -0.25) is 0 Å². The van der Waals surface area contributed by atoms with Crippen molar-refractivity contribution in [2.45, 2.75) is 25.4 Å². The number of aromatic nitrogens is 2. The summed E-state index contributed by atoms with van der Waals surface area (Å²) in [7, 11) is 0. The van der Waals surface area contributed by atoms with E-state index in [0.717, 1.165) is 19.3 Å². The molecule has 19 heavy (non-hydrogen) atoms. The van der Waals surface area contributed by atoms with Crippen LogP contribution < -0.4 is 10.5 Å². The minimum atomic E-state index is -0.0155. The molecule has 1 unspecified atom stereocenters. The Hall–Kier alpha value is -1.81. The van der Waals surface area contributed by atoms with Crippen molar-refractivity contribution >= 4 is 17.3 Å². The maximum atomic E-state index is 5.93. The molecule has 3 rings (SSSR count). The van der Waals surface area contributed by atoms with Gasteiger partial charge in [-0.05, 0) is 30.4 Å². The summed E-state index contributed by atoms with van der Waals surface area (Å²) in [6, 6.07) is 8.31. The van der Waals surface area contributed by atoms with Crippen molar-refractivity contribution in [1.29, 1.82) is 0 Å². The fraction of sp³-hybridized carbons (Fsp3) is 0.286. The highest BCUT2D eigenvalue weighted by Gasteiger charge is 2.22. The fourth-order valence-electron chi connectivity index (χ4n) is 2.42. The molecule has 0 amide bonds. The molecule has 98 valence electrons. The number of halogens is 1. The Morgan fingerprint density at radius 3 is 3.00 bits per heavy atom. The molecule has 2 N–H and O–H groups in total. The maximum absolute atomic E-state index is 5.93. The second kappa shape index (κ2) is 5.05. The molecule has 1 aliphatic carbocycles. The Bertz CT molecular complexity index is 603. The summed E-state index contributed by atoms with van der Waals surface area (Å²) < 4.78 is 5.93. The topological polar surface area (TPSA) is 61.0 Å². The zero-order valence-electron chi connectivity index (χ0n) is 10.3. The van der Waals surface area contributed by atoms with Crippen molar-refractivity contribution in [3.63, 3.8) is 0 Å². The van der Waals surface area contributed by atoms with Crippen LogP contribution in [0.3, 0.4) is 0 Å². The predicted molar refractivity (Wildman–Crippen MR) is 74.2 cm³/mol. The van der Waals surface area contributed by atoms with Gasteiger partial charge in [-0.25, -0.2) is 4.98 Å². The van der Waals surface area contributed by atoms with Crippen molar-refractivity contribution in [1.82, 2.24) is 9.97 Å². The second-order valence-corrected chi connectivity index (χ2v) is 4.94. The fourth-order valence-corrected chi connectivity index (χ4v) is 2.54. The lowest BCUT2D eigenvalue weighted by molar-refractivity contribution is 0.177. The number of nitrogens with two attached hydrogens (primary N) is 1. The molecule has 0 saturated heterocycles. The van der Waals surface area contributed by atoms with Crippen molar-refractivity contribution in [3.05, 3.63) is 46.9 Å². The Labute approximate surface area is 116 Å². The number of anilines is 1. The van der Waals surface area contributed by atoms with Crippen LogP contribution in [0.1, 0.15) is 30.1 Å². The Balaban J connectivity index is 1.91. The number of rotatable bonds is 2. The molecule has 0 aliphatic heterocycles. The van der Waals surface area contributed by atoms with E-state index in [1.165, 1.54) is 17.5 Å². The number of aryl methyl sites for hydroxylation is 1. The molecule has 1 aromatic heterocycles. The summed E-state index contributed by atoms with van der Waals surface area (Å²) in [5.41, 5.74) is 8.68. The average Bonchev–Trinajstić information content (AvgIpc) is 2.44. The number of ether oxygens (including phenoxy) is 1. The minimum absolute atomic E-state index is 0.0155. The zero-order valence-corrected chi connectivity index (χ0v) is 11.1. The zero-order chi connectivity index (χ0) is 13.2. The van der Waals surface area contributed by atoms with Gasteiger partial charge in [0.1, 0.15) is 18.1 Å². The first-order valence-electron chi connectivity index (χ1n) is 6.26. The molecule has 1 heterocycles. The van der Waals surface area contributed by atoms with Crippen molar-refractivity contribution < 1.29 is 4.74 Å². The van der Waals surface area contributed by atoms with Gasteiger partial charge in [0.05, 0.1) is 0 Å². The molecule has 1 aliphatic rings. The molecule has 0 spiro atoms. The van der Waals surface area contributed by atoms with Crippen molar-refractivity contribution in [3.8, 4) is 5.88 Å². The van der Waals surface area contributed by atoms with E-state index in [0.29, 0.717) is 11.6 Å². The van der Waals surface area contributed by atoms with Crippen LogP contribution in [0.5, 0.6) is 5.88 Å². The van der Waals surface area contributed by atoms with Gasteiger partial charge in [-0.1, -0.05) is 35.9 Å². The Kier molecular flexibility index (Phi) is 3.25. The van der Waals surface area contributed by atoms with E-state index in [4.69, 9.17) is 22.1 Å². The molecular formula is C14H14ClN3O. The highest BCUT2D eigenvalue weighted by Crippen LogP contribution is 2.35. The molecule has 0 saturated carbocycles. The summed E-state index contributed by atoms with van der Waals surface area (Å²) in [6.45, 7) is 0. The van der Waals surface area contributed by atoms with E-state index >= 15 is 0 Å². The summed E-state index contributed by atoms with van der Waals surface area (Å²) >= 11 is 5.88. The lowest BCUT2D eigenvalue weighted by Gasteiger charge is -2.26. The summed E-state index contributed by atoms with van der Waals surface area (Å²) in [5.74, 6) is 0.363. The quantitative estimate of drug-likeness (QED) is 0.855. The van der Waals surface area contributed by atoms with Crippen LogP contribution in [0.15, 0.2) is 30.6 Å². The van der Waals surface area contributed by atoms with Crippen LogP contribution in [0, 0.1) is 0 Å². The normalized spacial score (nSPS) is 17.8. The van der Waals surface area contributed by atoms with Gasteiger partial charge < -0.3 is 10.5 Å². The van der Waals surface area contributed by atoms with E-state index in [1.807, 2.05) is 6.07 Å². The van der Waals surface area contributed by atoms with Gasteiger partial charge in [0, 0.05) is 0 Å². The van der Waals surface area contributed by atoms with Gasteiger partial charge in [0.2, 0.25) is 5.88 Å². The SMILES string of the molecule is Nc1c(Cl)ncnc1OC1CCCc2ccccc21. The van der Waals surface area contributed by atoms with Crippen LogP contribution in [-0.4, -0.2) is 9.97 Å². The smallest absolute Gasteiger partial charge is 0.242 e. The number of nitrogens with zero attached hydrogens (tertiary/aromatic N) is 2. The largest absolute Gasteiger partial charge is 0.468 e. The summed E-state index contributed by atoms with van der Waals surface area (Å²) in [4.78, 5) is 7.89. The number of hydrogen-bond donors (Lipinski definition) is 1. The Morgan fingerprint density at radius 1 is 1.26 bits per heavy atom. The lowest BCUT2D eigenvalue weighted by atomic mass is 9.89. The standard InChI is InChI=1S/C14H14ClN3O/c15-13-12(16)14(18-8-17-13)19-11-7-3-5-9-4-1-2-6-10(9)11/h1-2,4,6,8,11H,3,5,7,16H2. The molecule has 2 aromatic rings. The van der Waals surface area contributed by atoms with E-state index in [1.54, 1.807) is 0 Å². The number of benzene rings is 1. The van der Waals surface area contributed by atoms with E-state index in [9.17, 15) is 0 Å². The Morgan fingerprint density at radius 2 is 2.11 bits per heavy atom. The summed E-state index contributed by atoms with van der Waals surface area (Å²) in [6.07, 6.45) is 4.50. The van der Waals surface area contributed by atoms with Crippen molar-refractivity contribution in [2.75, 3.05) is 5.73 Å². The van der Waals surface area contributed by atoms with E-state index in [2.05, 4.69) is 28.2 Å². The van der Waals surface area contributed by atoms with Crippen LogP contribution in [0.2, 0.25) is 5.15 Å². The van der Waals surface area contributed by atoms with Crippen molar-refractivity contribution in [2.24, 2.45) is 0 Å². The lowest BCUT2D eigenvalue weighted by Crippen LogP contribution is -2.16. The first-order chi connectivity index (χ1) is 9.25. The third kappa shape index (κ3) is 2.36. The first-order valence-corrected chi connectivity index (χ1v) is 6.64. The molecule has 1 atom stereocenters. The number of hydrogen-bond acceptors (Lipinski definition) is 4. The van der Waals surface area contributed by atoms with Gasteiger partial charge in [0.15, 0.2) is 5.15 Å². The highest BCUT2D eigenvalue weighted by molar-refractivity contribution is 6.32. The van der Waals surface area contributed by atoms with Gasteiger partial charge >= 0.3 is 0 Å². The molecule has 1 aromatic carbocycles. The monoisotopic (exact) mass is 275 g/mol. The first kappa shape index (κ1) is 12.2. The molecule has 5 heteroatoms. The molecule has 0 radical (unpaired) electrons. The van der Waals surface area contributed by atoms with Gasteiger partial charge in [0.25, 0.3) is 0 Å². The summed E-state index contributed by atoms with van der Waals surface area (Å²) in [5, 5.41) is 0.231. The second-order valence-electron chi connectivity index (χ2n) is 4.58. The number of nitrogen functional groups attached to an aromatic ring is 1. The van der Waals surface area contributed by atoms with Crippen LogP contribution in [0.4, 0.5) is 5.69 Å². The molecule has 0 bridgehead atoms. The number of fused-ring (bicyclic) bond motifs is 1. The van der Waals surface area contributed by atoms with Crippen LogP contribution in [0.25, 0.3) is 0 Å². The highest BCUT2D eigenvalue weighted by atomic mass is 35.5. The van der Waals surface area contributed by atoms with Crippen LogP contribution in [-0.2, 0) is 6.42 Å². The molecule has 4 nitrogen and oxygen atoms in total. The molecular weight excluding hydrogens is 262 g/mol. The van der Waals surface area contributed by atoms with Gasteiger partial charge in [-0.2, -0.15) is 4.98 Å². The maximum Gasteiger partial charge on any atom is 0.242 e. The third-order valence-electron chi connectivity index (χ3n) is 3.37. The molecule has 0 fully saturated rings. The predicted octanol–water partition coefficient (Wildman–Crippen LogP) is 3.17. The van der Waals surface area contributed by atoms with E-state index in [-0.39, 0.29) is 11.3 Å². The van der Waals surface area contributed by atoms with Gasteiger partial charge in [-0.15, -0.1) is 0 Å². The van der Waals surface area contributed by atoms with E-state index < -0.39 is 0 Å². The van der Waals surface area contributed by atoms with Crippen LogP contribution >= 0.6 is 11.6 Å². The minimum Gasteiger partial charge on any atom is -0.468 e. The third-order valence-corrected chi connectivity index (χ3v) is 3.67. The average molecular weight is 276 g/mol.